The van der Waals surface area contributed by atoms with Crippen LogP contribution in [-0.4, -0.2) is 9.55 Å². The maximum absolute atomic E-state index is 4.55. The highest BCUT2D eigenvalue weighted by molar-refractivity contribution is 5.32. The van der Waals surface area contributed by atoms with Gasteiger partial charge in [0.1, 0.15) is 0 Å². The van der Waals surface area contributed by atoms with E-state index in [9.17, 15) is 0 Å². The van der Waals surface area contributed by atoms with Crippen LogP contribution in [0.2, 0.25) is 0 Å². The number of hydrogen-bond donors (Lipinski definition) is 1. The number of unbranched alkanes of at least 4 members (excludes halogenated alkanes) is 1. The van der Waals surface area contributed by atoms with Crippen LogP contribution in [0, 0.1) is 13.8 Å². The number of nitrogens with zero attached hydrogens (tertiary/aromatic N) is 2. The minimum Gasteiger partial charge on any atom is -0.352 e. The lowest BCUT2D eigenvalue weighted by Crippen LogP contribution is -2.07. The van der Waals surface area contributed by atoms with Crippen LogP contribution >= 0.6 is 0 Å². The summed E-state index contributed by atoms with van der Waals surface area (Å²) in [6.45, 7) is 8.23. The van der Waals surface area contributed by atoms with Gasteiger partial charge in [-0.1, -0.05) is 43.2 Å². The first-order valence-electron chi connectivity index (χ1n) is 7.02. The molecule has 0 spiro atoms. The fraction of sp³-hybridized carbons (Fsp3) is 0.438. The number of aryl methyl sites for hydroxylation is 3. The van der Waals surface area contributed by atoms with Gasteiger partial charge in [-0.3, -0.25) is 0 Å². The Hall–Kier alpha value is -1.77. The van der Waals surface area contributed by atoms with Crippen LogP contribution in [0.1, 0.15) is 36.6 Å². The van der Waals surface area contributed by atoms with Gasteiger partial charge in [0.25, 0.3) is 0 Å². The SMILES string of the molecule is CCCCn1cc(C)nc1NCc1cccc(C)c1. The first kappa shape index (κ1) is 13.7. The molecule has 2 rings (SSSR count). The Kier molecular flexibility index (Phi) is 4.61. The second-order valence-corrected chi connectivity index (χ2v) is 5.10. The minimum absolute atomic E-state index is 0.824. The highest BCUT2D eigenvalue weighted by atomic mass is 15.2. The topological polar surface area (TPSA) is 29.9 Å². The van der Waals surface area contributed by atoms with Crippen LogP contribution in [0.3, 0.4) is 0 Å². The molecule has 1 heterocycles. The van der Waals surface area contributed by atoms with Gasteiger partial charge in [-0.2, -0.15) is 0 Å². The normalized spacial score (nSPS) is 10.7. The quantitative estimate of drug-likeness (QED) is 0.850. The molecule has 0 aliphatic rings. The van der Waals surface area contributed by atoms with E-state index in [2.05, 4.69) is 59.2 Å². The molecule has 0 saturated heterocycles. The summed E-state index contributed by atoms with van der Waals surface area (Å²) in [5.74, 6) is 0.979. The molecule has 0 atom stereocenters. The number of benzene rings is 1. The molecular weight excluding hydrogens is 234 g/mol. The molecule has 1 aromatic heterocycles. The standard InChI is InChI=1S/C16H23N3/c1-4-5-9-19-12-14(3)18-16(19)17-11-15-8-6-7-13(2)10-15/h6-8,10,12H,4-5,9,11H2,1-3H3,(H,17,18). The molecule has 3 heteroatoms. The molecule has 1 aromatic carbocycles. The van der Waals surface area contributed by atoms with Gasteiger partial charge in [0.05, 0.1) is 5.69 Å². The zero-order valence-electron chi connectivity index (χ0n) is 12.1. The summed E-state index contributed by atoms with van der Waals surface area (Å²) < 4.78 is 2.22. The maximum Gasteiger partial charge on any atom is 0.203 e. The fourth-order valence-corrected chi connectivity index (χ4v) is 2.19. The number of nitrogens with one attached hydrogen (secondary N) is 1. The number of imidazole rings is 1. The zero-order valence-corrected chi connectivity index (χ0v) is 12.1. The van der Waals surface area contributed by atoms with Crippen molar-refractivity contribution in [2.75, 3.05) is 5.32 Å². The van der Waals surface area contributed by atoms with E-state index in [4.69, 9.17) is 0 Å². The van der Waals surface area contributed by atoms with Crippen molar-refractivity contribution in [1.82, 2.24) is 9.55 Å². The van der Waals surface area contributed by atoms with Crippen LogP contribution in [0.15, 0.2) is 30.5 Å². The summed E-state index contributed by atoms with van der Waals surface area (Å²) in [6.07, 6.45) is 4.51. The molecule has 0 bridgehead atoms. The zero-order chi connectivity index (χ0) is 13.7. The molecule has 0 fully saturated rings. The fourth-order valence-electron chi connectivity index (χ4n) is 2.19. The third-order valence-corrected chi connectivity index (χ3v) is 3.18. The lowest BCUT2D eigenvalue weighted by atomic mass is 10.1. The van der Waals surface area contributed by atoms with Crippen LogP contribution < -0.4 is 5.32 Å². The van der Waals surface area contributed by atoms with Crippen molar-refractivity contribution >= 4 is 5.95 Å². The van der Waals surface area contributed by atoms with Gasteiger partial charge in [-0.05, 0) is 25.8 Å². The van der Waals surface area contributed by atoms with Crippen molar-refractivity contribution in [1.29, 1.82) is 0 Å². The van der Waals surface area contributed by atoms with E-state index in [-0.39, 0.29) is 0 Å². The van der Waals surface area contributed by atoms with Crippen LogP contribution in [0.5, 0.6) is 0 Å². The second-order valence-electron chi connectivity index (χ2n) is 5.10. The molecule has 0 aliphatic carbocycles. The Balaban J connectivity index is 2.02. The van der Waals surface area contributed by atoms with Crippen molar-refractivity contribution in [2.45, 2.75) is 46.7 Å². The molecule has 0 amide bonds. The number of aromatic nitrogens is 2. The van der Waals surface area contributed by atoms with Crippen LogP contribution in [0.25, 0.3) is 0 Å². The Morgan fingerprint density at radius 2 is 2.11 bits per heavy atom. The first-order valence-corrected chi connectivity index (χ1v) is 7.02. The molecule has 102 valence electrons. The van der Waals surface area contributed by atoms with E-state index >= 15 is 0 Å². The minimum atomic E-state index is 0.824. The predicted octanol–water partition coefficient (Wildman–Crippen LogP) is 3.91. The molecule has 19 heavy (non-hydrogen) atoms. The molecule has 1 N–H and O–H groups in total. The Morgan fingerprint density at radius 3 is 2.84 bits per heavy atom. The third-order valence-electron chi connectivity index (χ3n) is 3.18. The summed E-state index contributed by atoms with van der Waals surface area (Å²) in [5.41, 5.74) is 3.66. The lowest BCUT2D eigenvalue weighted by molar-refractivity contribution is 0.634. The highest BCUT2D eigenvalue weighted by Crippen LogP contribution is 2.12. The van der Waals surface area contributed by atoms with Gasteiger partial charge in [0.2, 0.25) is 5.95 Å². The molecule has 0 saturated carbocycles. The Labute approximate surface area is 115 Å². The average molecular weight is 257 g/mol. The molecule has 0 aliphatic heterocycles. The first-order chi connectivity index (χ1) is 9.19. The van der Waals surface area contributed by atoms with E-state index in [1.54, 1.807) is 0 Å². The number of hydrogen-bond acceptors (Lipinski definition) is 2. The Morgan fingerprint density at radius 1 is 1.26 bits per heavy atom. The predicted molar refractivity (Wildman–Crippen MR) is 80.4 cm³/mol. The van der Waals surface area contributed by atoms with Crippen LogP contribution in [0.4, 0.5) is 5.95 Å². The summed E-state index contributed by atoms with van der Waals surface area (Å²) in [6, 6.07) is 8.57. The van der Waals surface area contributed by atoms with Gasteiger partial charge < -0.3 is 9.88 Å². The van der Waals surface area contributed by atoms with Crippen molar-refractivity contribution in [3.05, 3.63) is 47.3 Å². The Bertz CT molecular complexity index is 529. The van der Waals surface area contributed by atoms with Gasteiger partial charge >= 0.3 is 0 Å². The van der Waals surface area contributed by atoms with E-state index in [0.29, 0.717) is 0 Å². The molecule has 0 radical (unpaired) electrons. The van der Waals surface area contributed by atoms with Gasteiger partial charge in [0.15, 0.2) is 0 Å². The average Bonchev–Trinajstić information content (AvgIpc) is 2.74. The van der Waals surface area contributed by atoms with Crippen molar-refractivity contribution in [2.24, 2.45) is 0 Å². The second kappa shape index (κ2) is 6.41. The smallest absolute Gasteiger partial charge is 0.203 e. The summed E-state index contributed by atoms with van der Waals surface area (Å²) in [7, 11) is 0. The van der Waals surface area contributed by atoms with Gasteiger partial charge in [-0.25, -0.2) is 4.98 Å². The molecule has 3 nitrogen and oxygen atoms in total. The number of rotatable bonds is 6. The van der Waals surface area contributed by atoms with E-state index in [1.807, 2.05) is 6.92 Å². The van der Waals surface area contributed by atoms with Gasteiger partial charge in [-0.15, -0.1) is 0 Å². The van der Waals surface area contributed by atoms with Crippen molar-refractivity contribution in [3.63, 3.8) is 0 Å². The highest BCUT2D eigenvalue weighted by Gasteiger charge is 2.04. The molecule has 2 aromatic rings. The van der Waals surface area contributed by atoms with E-state index < -0.39 is 0 Å². The largest absolute Gasteiger partial charge is 0.352 e. The summed E-state index contributed by atoms with van der Waals surface area (Å²) in [5, 5.41) is 3.44. The van der Waals surface area contributed by atoms with Crippen molar-refractivity contribution < 1.29 is 0 Å². The molecule has 0 unspecified atom stereocenters. The van der Waals surface area contributed by atoms with Crippen LogP contribution in [-0.2, 0) is 13.1 Å². The van der Waals surface area contributed by atoms with Crippen molar-refractivity contribution in [3.8, 4) is 0 Å². The van der Waals surface area contributed by atoms with Gasteiger partial charge in [0, 0.05) is 19.3 Å². The lowest BCUT2D eigenvalue weighted by Gasteiger charge is -2.09. The van der Waals surface area contributed by atoms with E-state index in [1.165, 1.54) is 24.0 Å². The molecular formula is C16H23N3. The third kappa shape index (κ3) is 3.85. The monoisotopic (exact) mass is 257 g/mol. The number of anilines is 1. The summed E-state index contributed by atoms with van der Waals surface area (Å²) in [4.78, 5) is 4.55. The van der Waals surface area contributed by atoms with E-state index in [0.717, 1.165) is 24.7 Å². The summed E-state index contributed by atoms with van der Waals surface area (Å²) >= 11 is 0. The maximum atomic E-state index is 4.55.